The van der Waals surface area contributed by atoms with Crippen LogP contribution in [0.15, 0.2) is 194 Å². The first-order valence-electron chi connectivity index (χ1n) is 17.3. The minimum Gasteiger partial charge on any atom is -0.507 e. The van der Waals surface area contributed by atoms with Crippen LogP contribution in [0.2, 0.25) is 0 Å². The van der Waals surface area contributed by atoms with Gasteiger partial charge in [0.15, 0.2) is 0 Å². The molecular weight excluding hydrogens is 621 g/mol. The van der Waals surface area contributed by atoms with Crippen LogP contribution < -0.4 is 0 Å². The Morgan fingerprint density at radius 2 is 0.627 bits per heavy atom. The van der Waals surface area contributed by atoms with Crippen molar-refractivity contribution in [2.45, 2.75) is 5.41 Å². The molecule has 2 N–H and O–H groups in total. The van der Waals surface area contributed by atoms with Crippen molar-refractivity contribution in [3.63, 3.8) is 0 Å². The highest BCUT2D eigenvalue weighted by Gasteiger charge is 2.47. The van der Waals surface area contributed by atoms with E-state index in [0.29, 0.717) is 0 Å². The maximum atomic E-state index is 11.3. The summed E-state index contributed by atoms with van der Waals surface area (Å²) in [5.74, 6) is 0.459. The van der Waals surface area contributed by atoms with Crippen molar-refractivity contribution < 1.29 is 10.2 Å². The highest BCUT2D eigenvalue weighted by molar-refractivity contribution is 5.92. The molecule has 0 spiro atoms. The topological polar surface area (TPSA) is 40.5 Å². The number of hydrogen-bond donors (Lipinski definition) is 2. The van der Waals surface area contributed by atoms with Crippen LogP contribution in [-0.2, 0) is 5.41 Å². The predicted molar refractivity (Wildman–Crippen MR) is 209 cm³/mol. The molecular formula is C49H34O2. The van der Waals surface area contributed by atoms with E-state index in [9.17, 15) is 10.2 Å². The van der Waals surface area contributed by atoms with E-state index in [1.807, 2.05) is 84.9 Å². The molecule has 242 valence electrons. The molecule has 9 rings (SSSR count). The molecule has 0 atom stereocenters. The van der Waals surface area contributed by atoms with Crippen LogP contribution in [0.5, 0.6) is 11.5 Å². The van der Waals surface area contributed by atoms with Gasteiger partial charge in [-0.1, -0.05) is 158 Å². The van der Waals surface area contributed by atoms with Crippen LogP contribution in [0.3, 0.4) is 0 Å². The van der Waals surface area contributed by atoms with Crippen LogP contribution in [0, 0.1) is 0 Å². The van der Waals surface area contributed by atoms with Crippen molar-refractivity contribution in [2.75, 3.05) is 0 Å². The number of phenols is 2. The third-order valence-corrected chi connectivity index (χ3v) is 10.4. The second-order valence-corrected chi connectivity index (χ2v) is 13.2. The number of phenolic OH excluding ortho intramolecular Hbond substituents is 2. The minimum atomic E-state index is -0.774. The van der Waals surface area contributed by atoms with Crippen LogP contribution in [0.4, 0.5) is 0 Å². The predicted octanol–water partition coefficient (Wildman–Crippen LogP) is 12.1. The summed E-state index contributed by atoms with van der Waals surface area (Å²) in [7, 11) is 0. The van der Waals surface area contributed by atoms with Crippen LogP contribution in [-0.4, -0.2) is 10.2 Å². The second kappa shape index (κ2) is 12.4. The first-order chi connectivity index (χ1) is 25.1. The lowest BCUT2D eigenvalue weighted by molar-refractivity contribution is 0.477. The summed E-state index contributed by atoms with van der Waals surface area (Å²) in [6.45, 7) is 0. The molecule has 0 aromatic heterocycles. The van der Waals surface area contributed by atoms with Crippen LogP contribution in [0.25, 0.3) is 55.6 Å². The third kappa shape index (κ3) is 5.04. The molecule has 0 amide bonds. The standard InChI is InChI=1S/C49H34O2/c50-47-27-23-39(31-41(47)35-17-9-3-10-18-35)49(40-24-28-48(51)42(32-40)36-19-11-4-12-20-36)45-25-21-37(33-13-5-1-6-14-33)29-43(45)44-30-38(22-26-46(44)49)34-15-7-2-8-16-34/h1-32,50-51H. The van der Waals surface area contributed by atoms with Gasteiger partial charge in [0.25, 0.3) is 0 Å². The Balaban J connectivity index is 1.39. The molecule has 1 aliphatic carbocycles. The Kier molecular flexibility index (Phi) is 7.37. The lowest BCUT2D eigenvalue weighted by atomic mass is 9.66. The van der Waals surface area contributed by atoms with E-state index >= 15 is 0 Å². The van der Waals surface area contributed by atoms with Gasteiger partial charge in [0, 0.05) is 11.1 Å². The van der Waals surface area contributed by atoms with Crippen molar-refractivity contribution in [3.05, 3.63) is 216 Å². The fourth-order valence-corrected chi connectivity index (χ4v) is 7.98. The highest BCUT2D eigenvalue weighted by atomic mass is 16.3. The SMILES string of the molecule is Oc1ccc(C2(c3ccc(O)c(-c4ccccc4)c3)c3ccc(-c4ccccc4)cc3-c3cc(-c4ccccc4)ccc32)cc1-c1ccccc1. The molecule has 0 fully saturated rings. The van der Waals surface area contributed by atoms with E-state index < -0.39 is 5.41 Å². The first-order valence-corrected chi connectivity index (χ1v) is 17.3. The average molecular weight is 655 g/mol. The largest absolute Gasteiger partial charge is 0.507 e. The van der Waals surface area contributed by atoms with E-state index in [0.717, 1.165) is 77.9 Å². The van der Waals surface area contributed by atoms with Gasteiger partial charge in [-0.3, -0.25) is 0 Å². The van der Waals surface area contributed by atoms with E-state index in [2.05, 4.69) is 109 Å². The smallest absolute Gasteiger partial charge is 0.123 e. The van der Waals surface area contributed by atoms with Crippen molar-refractivity contribution in [1.82, 2.24) is 0 Å². The quantitative estimate of drug-likeness (QED) is 0.187. The third-order valence-electron chi connectivity index (χ3n) is 10.4. The number of fused-ring (bicyclic) bond motifs is 3. The molecule has 2 nitrogen and oxygen atoms in total. The van der Waals surface area contributed by atoms with Crippen molar-refractivity contribution in [3.8, 4) is 67.1 Å². The van der Waals surface area contributed by atoms with Gasteiger partial charge in [0.05, 0.1) is 5.41 Å². The molecule has 51 heavy (non-hydrogen) atoms. The molecule has 0 aliphatic heterocycles. The van der Waals surface area contributed by atoms with Gasteiger partial charge in [-0.2, -0.15) is 0 Å². The Hall–Kier alpha value is -6.64. The summed E-state index contributed by atoms with van der Waals surface area (Å²) >= 11 is 0. The molecule has 8 aromatic rings. The monoisotopic (exact) mass is 654 g/mol. The molecule has 0 radical (unpaired) electrons. The lowest BCUT2D eigenvalue weighted by Crippen LogP contribution is -2.28. The molecule has 2 heteroatoms. The second-order valence-electron chi connectivity index (χ2n) is 13.2. The average Bonchev–Trinajstić information content (AvgIpc) is 3.49. The number of hydrogen-bond acceptors (Lipinski definition) is 2. The Morgan fingerprint density at radius 1 is 0.275 bits per heavy atom. The van der Waals surface area contributed by atoms with Gasteiger partial charge in [0.1, 0.15) is 11.5 Å². The maximum absolute atomic E-state index is 11.3. The lowest BCUT2D eigenvalue weighted by Gasteiger charge is -2.35. The van der Waals surface area contributed by atoms with Gasteiger partial charge in [0.2, 0.25) is 0 Å². The Bertz CT molecular complexity index is 2340. The summed E-state index contributed by atoms with van der Waals surface area (Å²) in [5, 5.41) is 22.6. The van der Waals surface area contributed by atoms with Gasteiger partial charge < -0.3 is 10.2 Å². The van der Waals surface area contributed by atoms with Gasteiger partial charge in [-0.15, -0.1) is 0 Å². The summed E-state index contributed by atoms with van der Waals surface area (Å²) < 4.78 is 0. The van der Waals surface area contributed by atoms with Crippen LogP contribution >= 0.6 is 0 Å². The zero-order valence-corrected chi connectivity index (χ0v) is 27.9. The Morgan fingerprint density at radius 3 is 1.00 bits per heavy atom. The fourth-order valence-electron chi connectivity index (χ4n) is 7.98. The molecule has 8 aromatic carbocycles. The molecule has 0 unspecified atom stereocenters. The number of aromatic hydroxyl groups is 2. The Labute approximate surface area is 298 Å². The molecule has 0 saturated carbocycles. The normalized spacial score (nSPS) is 12.6. The van der Waals surface area contributed by atoms with Crippen molar-refractivity contribution in [2.24, 2.45) is 0 Å². The van der Waals surface area contributed by atoms with Gasteiger partial charge in [-0.05, 0) is 103 Å². The van der Waals surface area contributed by atoms with Crippen molar-refractivity contribution in [1.29, 1.82) is 0 Å². The van der Waals surface area contributed by atoms with E-state index in [1.54, 1.807) is 0 Å². The molecule has 0 bridgehead atoms. The minimum absolute atomic E-state index is 0.230. The van der Waals surface area contributed by atoms with Gasteiger partial charge in [-0.25, -0.2) is 0 Å². The summed E-state index contributed by atoms with van der Waals surface area (Å²) in [6.07, 6.45) is 0. The van der Waals surface area contributed by atoms with E-state index in [-0.39, 0.29) is 11.5 Å². The first kappa shape index (κ1) is 30.4. The summed E-state index contributed by atoms with van der Waals surface area (Å²) in [5.41, 5.74) is 13.9. The van der Waals surface area contributed by atoms with Gasteiger partial charge >= 0.3 is 0 Å². The molecule has 0 heterocycles. The molecule has 1 aliphatic rings. The number of rotatable bonds is 6. The zero-order chi connectivity index (χ0) is 34.4. The maximum Gasteiger partial charge on any atom is 0.123 e. The number of benzene rings is 8. The van der Waals surface area contributed by atoms with E-state index in [1.165, 1.54) is 0 Å². The summed E-state index contributed by atoms with van der Waals surface area (Å²) in [6, 6.07) is 66.9. The van der Waals surface area contributed by atoms with Crippen LogP contribution in [0.1, 0.15) is 22.3 Å². The molecule has 0 saturated heterocycles. The highest BCUT2D eigenvalue weighted by Crippen LogP contribution is 2.58. The zero-order valence-electron chi connectivity index (χ0n) is 27.9. The van der Waals surface area contributed by atoms with E-state index in [4.69, 9.17) is 0 Å². The van der Waals surface area contributed by atoms with Crippen molar-refractivity contribution >= 4 is 0 Å². The fraction of sp³-hybridized carbons (Fsp3) is 0.0204. The summed E-state index contributed by atoms with van der Waals surface area (Å²) in [4.78, 5) is 0.